The minimum absolute atomic E-state index is 0.0223. The van der Waals surface area contributed by atoms with Crippen molar-refractivity contribution in [3.05, 3.63) is 42.2 Å². The number of benzene rings is 1. The quantitative estimate of drug-likeness (QED) is 0.743. The largest absolute Gasteiger partial charge is 0.474 e. The second-order valence-electron chi connectivity index (χ2n) is 5.98. The molecule has 1 aliphatic heterocycles. The molecule has 0 atom stereocenters. The van der Waals surface area contributed by atoms with Crippen LogP contribution in [0.4, 0.5) is 17.3 Å². The molecule has 0 radical (unpaired) electrons. The number of aromatic nitrogens is 2. The zero-order valence-corrected chi connectivity index (χ0v) is 12.3. The second-order valence-corrected chi connectivity index (χ2v) is 5.98. The lowest BCUT2D eigenvalue weighted by Gasteiger charge is -2.14. The summed E-state index contributed by atoms with van der Waals surface area (Å²) >= 11 is 0. The van der Waals surface area contributed by atoms with E-state index in [1.165, 1.54) is 0 Å². The summed E-state index contributed by atoms with van der Waals surface area (Å²) in [4.78, 5) is 9.33. The van der Waals surface area contributed by atoms with Crippen LogP contribution in [0.25, 0.3) is 0 Å². The first kappa shape index (κ1) is 12.7. The molecule has 1 aliphatic rings. The molecule has 1 aromatic carbocycles. The molecule has 0 saturated heterocycles. The van der Waals surface area contributed by atoms with Crippen LogP contribution in [-0.4, -0.2) is 27.6 Å². The molecule has 20 heavy (non-hydrogen) atoms. The fraction of sp³-hybridized carbons (Fsp3) is 0.312. The highest BCUT2D eigenvalue weighted by molar-refractivity contribution is 5.69. The van der Waals surface area contributed by atoms with Gasteiger partial charge < -0.3 is 0 Å². The molecule has 4 heteroatoms. The normalized spacial score (nSPS) is 13.8. The minimum atomic E-state index is -0.0223. The third-order valence-electron chi connectivity index (χ3n) is 3.30. The van der Waals surface area contributed by atoms with Crippen molar-refractivity contribution in [3.63, 3.8) is 0 Å². The zero-order chi connectivity index (χ0) is 14.3. The molecule has 0 amide bonds. The summed E-state index contributed by atoms with van der Waals surface area (Å²) < 4.78 is 3.83. The molecule has 1 aromatic heterocycles. The molecule has 3 rings (SSSR count). The lowest BCUT2D eigenvalue weighted by atomic mass is 9.93. The van der Waals surface area contributed by atoms with E-state index in [4.69, 9.17) is 4.98 Å². The van der Waals surface area contributed by atoms with Crippen LogP contribution in [0.2, 0.25) is 0 Å². The van der Waals surface area contributed by atoms with Crippen LogP contribution in [0.5, 0.6) is 0 Å². The smallest absolute Gasteiger partial charge is 0.192 e. The minimum Gasteiger partial charge on any atom is -0.192 e. The van der Waals surface area contributed by atoms with Crippen molar-refractivity contribution in [1.82, 2.24) is 14.5 Å². The van der Waals surface area contributed by atoms with Crippen molar-refractivity contribution in [2.24, 2.45) is 0 Å². The molecule has 2 aromatic rings. The van der Waals surface area contributed by atoms with E-state index in [1.807, 2.05) is 52.7 Å². The number of rotatable bonds is 1. The highest BCUT2D eigenvalue weighted by atomic mass is 15.2. The van der Waals surface area contributed by atoms with Gasteiger partial charge in [0.2, 0.25) is 0 Å². The number of hydrogen-bond acceptors (Lipinski definition) is 2. The Morgan fingerprint density at radius 2 is 1.75 bits per heavy atom. The first-order chi connectivity index (χ1) is 9.47. The Hall–Kier alpha value is -2.32. The average molecular weight is 266 g/mol. The summed E-state index contributed by atoms with van der Waals surface area (Å²) in [6.07, 6.45) is 1.85. The van der Waals surface area contributed by atoms with E-state index >= 15 is 0 Å². The maximum atomic E-state index is 4.79. The molecule has 0 unspecified atom stereocenters. The molecule has 0 saturated carbocycles. The maximum absolute atomic E-state index is 4.79. The van der Waals surface area contributed by atoms with Gasteiger partial charge in [-0.1, -0.05) is 43.5 Å². The Balaban J connectivity index is 2.17. The van der Waals surface area contributed by atoms with Crippen molar-refractivity contribution < 1.29 is 4.58 Å². The number of hydrogen-bond donors (Lipinski definition) is 0. The molecule has 2 heterocycles. The predicted molar refractivity (Wildman–Crippen MR) is 79.5 cm³/mol. The van der Waals surface area contributed by atoms with Gasteiger partial charge in [-0.25, -0.2) is 0 Å². The van der Waals surface area contributed by atoms with Crippen LogP contribution in [0.15, 0.2) is 36.5 Å². The Kier molecular flexibility index (Phi) is 2.77. The van der Waals surface area contributed by atoms with Gasteiger partial charge in [-0.2, -0.15) is 4.98 Å². The topological polar surface area (TPSA) is 31.8 Å². The van der Waals surface area contributed by atoms with Crippen LogP contribution in [0, 0.1) is 0 Å². The van der Waals surface area contributed by atoms with Gasteiger partial charge in [0, 0.05) is 10.4 Å². The van der Waals surface area contributed by atoms with Gasteiger partial charge in [-0.15, -0.1) is 4.58 Å². The summed E-state index contributed by atoms with van der Waals surface area (Å²) in [5, 5.41) is 0. The number of para-hydroxylation sites is 1. The molecular formula is C16H18N4+2. The number of nitrogens with zero attached hydrogens (tertiary/aromatic N) is 4. The first-order valence-corrected chi connectivity index (χ1v) is 6.69. The summed E-state index contributed by atoms with van der Waals surface area (Å²) in [5.74, 6) is 1.67. The standard InChI is InChI=1S/C16H18N4/c1-16(2,3)13-10-17-14-15(18-13)20(11-19(14)4)12-8-6-5-7-9-12/h5-10H,1-4H3/q+2. The maximum Gasteiger partial charge on any atom is 0.474 e. The van der Waals surface area contributed by atoms with Gasteiger partial charge in [0.1, 0.15) is 12.7 Å². The van der Waals surface area contributed by atoms with E-state index in [9.17, 15) is 0 Å². The van der Waals surface area contributed by atoms with Crippen molar-refractivity contribution in [1.29, 1.82) is 0 Å². The van der Waals surface area contributed by atoms with E-state index in [0.29, 0.717) is 0 Å². The van der Waals surface area contributed by atoms with Gasteiger partial charge >= 0.3 is 17.6 Å². The van der Waals surface area contributed by atoms with Crippen LogP contribution in [0.1, 0.15) is 26.5 Å². The third-order valence-corrected chi connectivity index (χ3v) is 3.30. The highest BCUT2D eigenvalue weighted by Gasteiger charge is 2.37. The van der Waals surface area contributed by atoms with Crippen LogP contribution >= 0.6 is 0 Å². The SMILES string of the molecule is C[N+]1=C=[N+](c2ccccc2)c2nc(C(C)(C)C)cnc21. The molecule has 100 valence electrons. The Bertz CT molecular complexity index is 733. The lowest BCUT2D eigenvalue weighted by molar-refractivity contribution is -0.398. The molecule has 0 spiro atoms. The fourth-order valence-electron chi connectivity index (χ4n) is 2.12. The lowest BCUT2D eigenvalue weighted by Crippen LogP contribution is -2.15. The highest BCUT2D eigenvalue weighted by Crippen LogP contribution is 2.31. The van der Waals surface area contributed by atoms with Crippen molar-refractivity contribution in [3.8, 4) is 0 Å². The summed E-state index contributed by atoms with van der Waals surface area (Å²) in [7, 11) is 1.94. The van der Waals surface area contributed by atoms with E-state index in [1.54, 1.807) is 0 Å². The van der Waals surface area contributed by atoms with Crippen molar-refractivity contribution in [2.75, 3.05) is 7.05 Å². The Morgan fingerprint density at radius 3 is 2.40 bits per heavy atom. The molecule has 0 aliphatic carbocycles. The van der Waals surface area contributed by atoms with Crippen LogP contribution < -0.4 is 4.58 Å². The summed E-state index contributed by atoms with van der Waals surface area (Å²) in [5.41, 5.74) is 2.00. The molecule has 0 fully saturated rings. The Labute approximate surface area is 118 Å². The van der Waals surface area contributed by atoms with E-state index in [0.717, 1.165) is 23.0 Å². The van der Waals surface area contributed by atoms with Crippen molar-refractivity contribution in [2.45, 2.75) is 26.2 Å². The summed E-state index contributed by atoms with van der Waals surface area (Å²) in [6, 6.07) is 13.4. The predicted octanol–water partition coefficient (Wildman–Crippen LogP) is 3.07. The molecule has 0 N–H and O–H groups in total. The first-order valence-electron chi connectivity index (χ1n) is 6.69. The van der Waals surface area contributed by atoms with Crippen molar-refractivity contribution >= 4 is 23.3 Å². The van der Waals surface area contributed by atoms with Gasteiger partial charge in [0.05, 0.1) is 0 Å². The van der Waals surface area contributed by atoms with Gasteiger partial charge in [-0.05, 0) is 12.1 Å². The van der Waals surface area contributed by atoms with Crippen LogP contribution in [0.3, 0.4) is 0 Å². The monoisotopic (exact) mass is 266 g/mol. The molecule has 0 bridgehead atoms. The van der Waals surface area contributed by atoms with Gasteiger partial charge in [0.25, 0.3) is 0 Å². The van der Waals surface area contributed by atoms with E-state index in [2.05, 4.69) is 31.8 Å². The van der Waals surface area contributed by atoms with E-state index in [-0.39, 0.29) is 5.41 Å². The fourth-order valence-corrected chi connectivity index (χ4v) is 2.12. The summed E-state index contributed by atoms with van der Waals surface area (Å²) in [6.45, 7) is 6.42. The van der Waals surface area contributed by atoms with Gasteiger partial charge in [-0.3, -0.25) is 0 Å². The Morgan fingerprint density at radius 1 is 1.05 bits per heavy atom. The molecular weight excluding hydrogens is 248 g/mol. The van der Waals surface area contributed by atoms with Gasteiger partial charge in [0.15, 0.2) is 11.9 Å². The average Bonchev–Trinajstić information content (AvgIpc) is 2.76. The number of fused-ring (bicyclic) bond motifs is 1. The third kappa shape index (κ3) is 2.04. The van der Waals surface area contributed by atoms with E-state index < -0.39 is 0 Å². The zero-order valence-electron chi connectivity index (χ0n) is 12.3. The second kappa shape index (κ2) is 4.36. The molecule has 4 nitrogen and oxygen atoms in total. The van der Waals surface area contributed by atoms with Crippen LogP contribution in [-0.2, 0) is 5.41 Å².